The Balaban J connectivity index is 1.74. The summed E-state index contributed by atoms with van der Waals surface area (Å²) in [6.07, 6.45) is 13.2. The minimum Gasteiger partial charge on any atom is -0.314 e. The molecule has 0 spiro atoms. The first-order chi connectivity index (χ1) is 7.45. The Morgan fingerprint density at radius 2 is 2.00 bits per heavy atom. The second kappa shape index (κ2) is 5.89. The van der Waals surface area contributed by atoms with Gasteiger partial charge in [-0.3, -0.25) is 0 Å². The van der Waals surface area contributed by atoms with Crippen molar-refractivity contribution in [1.29, 1.82) is 0 Å². The number of piperazine rings is 1. The summed E-state index contributed by atoms with van der Waals surface area (Å²) < 4.78 is 0. The third-order valence-corrected chi connectivity index (χ3v) is 3.03. The Labute approximate surface area is 92.3 Å². The van der Waals surface area contributed by atoms with Crippen LogP contribution in [0.2, 0.25) is 0 Å². The first-order valence-electron chi connectivity index (χ1n) is 5.89. The maximum Gasteiger partial charge on any atom is 0.0107 e. The molecular formula is C13H20N2. The fourth-order valence-electron chi connectivity index (χ4n) is 2.04. The van der Waals surface area contributed by atoms with Gasteiger partial charge in [0.25, 0.3) is 0 Å². The van der Waals surface area contributed by atoms with E-state index in [2.05, 4.69) is 40.6 Å². The van der Waals surface area contributed by atoms with Crippen LogP contribution in [-0.4, -0.2) is 37.6 Å². The van der Waals surface area contributed by atoms with E-state index in [9.17, 15) is 0 Å². The van der Waals surface area contributed by atoms with Crippen molar-refractivity contribution in [2.75, 3.05) is 32.7 Å². The molecule has 1 N–H and O–H groups in total. The molecule has 0 amide bonds. The highest BCUT2D eigenvalue weighted by Crippen LogP contribution is 2.12. The van der Waals surface area contributed by atoms with E-state index in [4.69, 9.17) is 0 Å². The fraction of sp³-hybridized carbons (Fsp3) is 0.538. The first kappa shape index (κ1) is 10.7. The van der Waals surface area contributed by atoms with Crippen molar-refractivity contribution in [1.82, 2.24) is 10.2 Å². The van der Waals surface area contributed by atoms with Crippen LogP contribution in [0.5, 0.6) is 0 Å². The monoisotopic (exact) mass is 204 g/mol. The average molecular weight is 204 g/mol. The maximum atomic E-state index is 3.38. The summed E-state index contributed by atoms with van der Waals surface area (Å²) in [6.45, 7) is 5.94. The van der Waals surface area contributed by atoms with Crippen LogP contribution in [0.15, 0.2) is 36.0 Å². The highest BCUT2D eigenvalue weighted by Gasteiger charge is 2.09. The normalized spacial score (nSPS) is 22.5. The minimum absolute atomic E-state index is 1.12. The van der Waals surface area contributed by atoms with E-state index in [1.165, 1.54) is 26.1 Å². The van der Waals surface area contributed by atoms with Gasteiger partial charge in [0.2, 0.25) is 0 Å². The SMILES string of the molecule is C1=CC=C(CCN2CCNCC2)CC=C1. The van der Waals surface area contributed by atoms with Gasteiger partial charge in [-0.15, -0.1) is 0 Å². The number of nitrogens with zero attached hydrogens (tertiary/aromatic N) is 1. The quantitative estimate of drug-likeness (QED) is 0.753. The van der Waals surface area contributed by atoms with Crippen LogP contribution in [0.1, 0.15) is 12.8 Å². The lowest BCUT2D eigenvalue weighted by molar-refractivity contribution is 0.243. The number of rotatable bonds is 3. The number of hydrogen-bond donors (Lipinski definition) is 1. The van der Waals surface area contributed by atoms with Crippen LogP contribution in [-0.2, 0) is 0 Å². The maximum absolute atomic E-state index is 3.38. The molecule has 1 heterocycles. The number of allylic oxidation sites excluding steroid dienone is 5. The lowest BCUT2D eigenvalue weighted by Crippen LogP contribution is -2.43. The van der Waals surface area contributed by atoms with Crippen LogP contribution in [0, 0.1) is 0 Å². The van der Waals surface area contributed by atoms with E-state index in [0.717, 1.165) is 19.5 Å². The zero-order valence-electron chi connectivity index (χ0n) is 9.28. The van der Waals surface area contributed by atoms with E-state index < -0.39 is 0 Å². The summed E-state index contributed by atoms with van der Waals surface area (Å²) in [5.74, 6) is 0. The average Bonchev–Trinajstić information content (AvgIpc) is 2.56. The molecule has 0 saturated carbocycles. The summed E-state index contributed by atoms with van der Waals surface area (Å²) in [5, 5.41) is 3.38. The van der Waals surface area contributed by atoms with E-state index in [1.807, 2.05) is 0 Å². The molecule has 0 radical (unpaired) electrons. The van der Waals surface area contributed by atoms with Gasteiger partial charge in [-0.2, -0.15) is 0 Å². The smallest absolute Gasteiger partial charge is 0.0107 e. The lowest BCUT2D eigenvalue weighted by atomic mass is 10.1. The van der Waals surface area contributed by atoms with Gasteiger partial charge in [0.05, 0.1) is 0 Å². The summed E-state index contributed by atoms with van der Waals surface area (Å²) in [5.41, 5.74) is 1.55. The largest absolute Gasteiger partial charge is 0.314 e. The minimum atomic E-state index is 1.12. The Hall–Kier alpha value is -0.860. The Morgan fingerprint density at radius 1 is 1.13 bits per heavy atom. The molecule has 0 unspecified atom stereocenters. The predicted molar refractivity (Wildman–Crippen MR) is 64.9 cm³/mol. The molecule has 1 saturated heterocycles. The Kier molecular flexibility index (Phi) is 4.18. The van der Waals surface area contributed by atoms with Crippen molar-refractivity contribution in [2.24, 2.45) is 0 Å². The summed E-state index contributed by atoms with van der Waals surface area (Å²) in [6, 6.07) is 0. The van der Waals surface area contributed by atoms with E-state index >= 15 is 0 Å². The van der Waals surface area contributed by atoms with E-state index in [1.54, 1.807) is 5.57 Å². The topological polar surface area (TPSA) is 15.3 Å². The van der Waals surface area contributed by atoms with Gasteiger partial charge in [-0.1, -0.05) is 36.0 Å². The zero-order valence-corrected chi connectivity index (χ0v) is 9.28. The molecule has 0 aromatic carbocycles. The molecule has 82 valence electrons. The van der Waals surface area contributed by atoms with Gasteiger partial charge < -0.3 is 10.2 Å². The fourth-order valence-corrected chi connectivity index (χ4v) is 2.04. The molecule has 2 heteroatoms. The molecule has 1 aliphatic carbocycles. The molecule has 15 heavy (non-hydrogen) atoms. The van der Waals surface area contributed by atoms with Crippen molar-refractivity contribution in [3.63, 3.8) is 0 Å². The molecule has 0 atom stereocenters. The van der Waals surface area contributed by atoms with Crippen molar-refractivity contribution >= 4 is 0 Å². The second-order valence-electron chi connectivity index (χ2n) is 4.18. The molecule has 0 aromatic rings. The number of hydrogen-bond acceptors (Lipinski definition) is 2. The van der Waals surface area contributed by atoms with Crippen LogP contribution in [0.3, 0.4) is 0 Å². The zero-order chi connectivity index (χ0) is 10.3. The molecular weight excluding hydrogens is 184 g/mol. The van der Waals surface area contributed by atoms with Crippen molar-refractivity contribution in [2.45, 2.75) is 12.8 Å². The summed E-state index contributed by atoms with van der Waals surface area (Å²) in [7, 11) is 0. The van der Waals surface area contributed by atoms with E-state index in [0.29, 0.717) is 0 Å². The van der Waals surface area contributed by atoms with Crippen LogP contribution in [0.4, 0.5) is 0 Å². The van der Waals surface area contributed by atoms with Gasteiger partial charge in [-0.05, 0) is 12.8 Å². The summed E-state index contributed by atoms with van der Waals surface area (Å²) >= 11 is 0. The van der Waals surface area contributed by atoms with Gasteiger partial charge in [0.1, 0.15) is 0 Å². The highest BCUT2D eigenvalue weighted by atomic mass is 15.2. The van der Waals surface area contributed by atoms with Crippen LogP contribution < -0.4 is 5.32 Å². The van der Waals surface area contributed by atoms with Crippen molar-refractivity contribution in [3.8, 4) is 0 Å². The second-order valence-corrected chi connectivity index (χ2v) is 4.18. The predicted octanol–water partition coefficient (Wildman–Crippen LogP) is 1.72. The third kappa shape index (κ3) is 3.65. The highest BCUT2D eigenvalue weighted by molar-refractivity contribution is 5.23. The molecule has 1 aliphatic heterocycles. The van der Waals surface area contributed by atoms with E-state index in [-0.39, 0.29) is 0 Å². The molecule has 2 nitrogen and oxygen atoms in total. The van der Waals surface area contributed by atoms with Crippen molar-refractivity contribution < 1.29 is 0 Å². The van der Waals surface area contributed by atoms with Gasteiger partial charge in [-0.25, -0.2) is 0 Å². The van der Waals surface area contributed by atoms with Gasteiger partial charge in [0, 0.05) is 32.7 Å². The molecule has 1 fully saturated rings. The molecule has 2 aliphatic rings. The molecule has 0 bridgehead atoms. The van der Waals surface area contributed by atoms with Crippen molar-refractivity contribution in [3.05, 3.63) is 36.0 Å². The first-order valence-corrected chi connectivity index (χ1v) is 5.89. The van der Waals surface area contributed by atoms with Gasteiger partial charge in [0.15, 0.2) is 0 Å². The molecule has 2 rings (SSSR count). The van der Waals surface area contributed by atoms with Crippen LogP contribution in [0.25, 0.3) is 0 Å². The van der Waals surface area contributed by atoms with Crippen LogP contribution >= 0.6 is 0 Å². The number of nitrogens with one attached hydrogen (secondary N) is 1. The lowest BCUT2D eigenvalue weighted by Gasteiger charge is -2.27. The third-order valence-electron chi connectivity index (χ3n) is 3.03. The van der Waals surface area contributed by atoms with Gasteiger partial charge >= 0.3 is 0 Å². The Bertz CT molecular complexity index is 270. The Morgan fingerprint density at radius 3 is 2.87 bits per heavy atom. The molecule has 0 aromatic heterocycles. The standard InChI is InChI=1S/C13H20N2/c1-2-4-6-13(5-3-1)7-10-15-11-8-14-9-12-15/h1-5,14H,6-12H2. The summed E-state index contributed by atoms with van der Waals surface area (Å²) in [4.78, 5) is 2.55.